The maximum absolute atomic E-state index is 11.4. The molecule has 18 heavy (non-hydrogen) atoms. The Hall–Kier alpha value is -2.37. The van der Waals surface area contributed by atoms with Crippen LogP contribution in [0.1, 0.15) is 23.7 Å². The molecule has 0 unspecified atom stereocenters. The Morgan fingerprint density at radius 3 is 2.50 bits per heavy atom. The smallest absolute Gasteiger partial charge is 0.335 e. The summed E-state index contributed by atoms with van der Waals surface area (Å²) in [6, 6.07) is 4.08. The van der Waals surface area contributed by atoms with Crippen LogP contribution in [-0.2, 0) is 9.59 Å². The first kappa shape index (κ1) is 13.7. The molecule has 0 saturated heterocycles. The zero-order chi connectivity index (χ0) is 13.7. The van der Waals surface area contributed by atoms with E-state index in [0.29, 0.717) is 5.75 Å². The topological polar surface area (TPSA) is 92.7 Å². The molecule has 0 aliphatic heterocycles. The number of amides is 1. The number of ether oxygens (including phenoxy) is 1. The van der Waals surface area contributed by atoms with Crippen molar-refractivity contribution in [3.05, 3.63) is 23.8 Å². The molecule has 0 bridgehead atoms. The summed E-state index contributed by atoms with van der Waals surface area (Å²) in [6.45, 7) is 1.30. The van der Waals surface area contributed by atoms with E-state index in [1.54, 1.807) is 0 Å². The van der Waals surface area contributed by atoms with E-state index in [-0.39, 0.29) is 23.5 Å². The number of ketones is 1. The van der Waals surface area contributed by atoms with E-state index < -0.39 is 11.9 Å². The Morgan fingerprint density at radius 1 is 1.33 bits per heavy atom. The zero-order valence-electron chi connectivity index (χ0n) is 10.0. The van der Waals surface area contributed by atoms with Gasteiger partial charge in [0.15, 0.2) is 0 Å². The minimum Gasteiger partial charge on any atom is -0.495 e. The lowest BCUT2D eigenvalue weighted by Crippen LogP contribution is -2.15. The van der Waals surface area contributed by atoms with E-state index in [9.17, 15) is 14.4 Å². The summed E-state index contributed by atoms with van der Waals surface area (Å²) in [5.41, 5.74) is 0.248. The highest BCUT2D eigenvalue weighted by atomic mass is 16.5. The average Bonchev–Trinajstić information content (AvgIpc) is 2.27. The number of hydrogen-bond acceptors (Lipinski definition) is 4. The van der Waals surface area contributed by atoms with Gasteiger partial charge < -0.3 is 15.2 Å². The fourth-order valence-electron chi connectivity index (χ4n) is 1.36. The molecule has 1 aromatic rings. The molecular weight excluding hydrogens is 238 g/mol. The molecule has 6 nitrogen and oxygen atoms in total. The molecule has 0 aliphatic carbocycles. The van der Waals surface area contributed by atoms with Crippen LogP contribution < -0.4 is 10.1 Å². The number of aromatic carboxylic acids is 1. The molecule has 0 aliphatic rings. The van der Waals surface area contributed by atoms with Crippen molar-refractivity contribution in [2.45, 2.75) is 13.3 Å². The fourth-order valence-corrected chi connectivity index (χ4v) is 1.36. The molecule has 0 heterocycles. The van der Waals surface area contributed by atoms with Crippen LogP contribution in [0, 0.1) is 0 Å². The quantitative estimate of drug-likeness (QED) is 0.770. The maximum atomic E-state index is 11.4. The molecule has 0 radical (unpaired) electrons. The van der Waals surface area contributed by atoms with Crippen LogP contribution in [0.4, 0.5) is 5.69 Å². The predicted octanol–water partition coefficient (Wildman–Crippen LogP) is 1.31. The van der Waals surface area contributed by atoms with Gasteiger partial charge in [-0.1, -0.05) is 0 Å². The van der Waals surface area contributed by atoms with Crippen molar-refractivity contribution in [2.24, 2.45) is 0 Å². The van der Waals surface area contributed by atoms with Crippen molar-refractivity contribution in [1.82, 2.24) is 0 Å². The number of nitrogens with one attached hydrogen (secondary N) is 1. The first-order valence-electron chi connectivity index (χ1n) is 5.14. The third kappa shape index (κ3) is 3.58. The third-order valence-electron chi connectivity index (χ3n) is 2.13. The molecule has 96 valence electrons. The van der Waals surface area contributed by atoms with Gasteiger partial charge in [0.2, 0.25) is 5.91 Å². The van der Waals surface area contributed by atoms with E-state index in [2.05, 4.69) is 5.32 Å². The van der Waals surface area contributed by atoms with Gasteiger partial charge in [-0.05, 0) is 25.1 Å². The third-order valence-corrected chi connectivity index (χ3v) is 2.13. The number of Topliss-reactive ketones (excluding diaryl/α,β-unsaturated/α-hetero) is 1. The van der Waals surface area contributed by atoms with Crippen molar-refractivity contribution in [3.63, 3.8) is 0 Å². The summed E-state index contributed by atoms with van der Waals surface area (Å²) in [7, 11) is 1.40. The molecule has 0 atom stereocenters. The van der Waals surface area contributed by atoms with E-state index in [1.807, 2.05) is 0 Å². The second-order valence-corrected chi connectivity index (χ2v) is 3.65. The lowest BCUT2D eigenvalue weighted by Gasteiger charge is -2.10. The van der Waals surface area contributed by atoms with Gasteiger partial charge in [0.05, 0.1) is 24.8 Å². The molecular formula is C12H13NO5. The summed E-state index contributed by atoms with van der Waals surface area (Å²) in [5.74, 6) is -1.57. The highest BCUT2D eigenvalue weighted by Gasteiger charge is 2.12. The number of carbonyl (C=O) groups excluding carboxylic acids is 2. The number of carboxylic acids is 1. The minimum absolute atomic E-state index is 0.0222. The predicted molar refractivity (Wildman–Crippen MR) is 63.9 cm³/mol. The van der Waals surface area contributed by atoms with Crippen LogP contribution in [0.25, 0.3) is 0 Å². The molecule has 1 rings (SSSR count). The molecule has 2 N–H and O–H groups in total. The second kappa shape index (κ2) is 5.81. The molecule has 0 aromatic heterocycles. The Kier molecular flexibility index (Phi) is 4.42. The number of rotatable bonds is 5. The SMILES string of the molecule is COc1ccc(C(=O)O)cc1NC(=O)CC(C)=O. The van der Waals surface area contributed by atoms with Crippen LogP contribution in [0.3, 0.4) is 0 Å². The number of benzene rings is 1. The van der Waals surface area contributed by atoms with Crippen LogP contribution in [0.2, 0.25) is 0 Å². The average molecular weight is 251 g/mol. The molecule has 0 spiro atoms. The van der Waals surface area contributed by atoms with E-state index in [1.165, 1.54) is 32.2 Å². The lowest BCUT2D eigenvalue weighted by atomic mass is 10.2. The van der Waals surface area contributed by atoms with Crippen LogP contribution >= 0.6 is 0 Å². The van der Waals surface area contributed by atoms with Gasteiger partial charge in [0.25, 0.3) is 0 Å². The van der Waals surface area contributed by atoms with E-state index in [4.69, 9.17) is 9.84 Å². The van der Waals surface area contributed by atoms with Crippen LogP contribution in [0.5, 0.6) is 5.75 Å². The molecule has 1 aromatic carbocycles. The molecule has 0 fully saturated rings. The number of methoxy groups -OCH3 is 1. The van der Waals surface area contributed by atoms with Crippen LogP contribution in [0.15, 0.2) is 18.2 Å². The number of carbonyl (C=O) groups is 3. The van der Waals surface area contributed by atoms with Crippen molar-refractivity contribution in [3.8, 4) is 5.75 Å². The lowest BCUT2D eigenvalue weighted by molar-refractivity contribution is -0.124. The minimum atomic E-state index is -1.11. The standard InChI is InChI=1S/C12H13NO5/c1-7(14)5-11(15)13-9-6-8(12(16)17)3-4-10(9)18-2/h3-4,6H,5H2,1-2H3,(H,13,15)(H,16,17). The molecule has 1 amide bonds. The van der Waals surface area contributed by atoms with Crippen molar-refractivity contribution in [2.75, 3.05) is 12.4 Å². The van der Waals surface area contributed by atoms with Crippen LogP contribution in [-0.4, -0.2) is 29.9 Å². The van der Waals surface area contributed by atoms with Gasteiger partial charge in [-0.25, -0.2) is 4.79 Å². The summed E-state index contributed by atoms with van der Waals surface area (Å²) in [5, 5.41) is 11.3. The first-order chi connectivity index (χ1) is 8.43. The number of carboxylic acid groups (broad SMARTS) is 1. The Morgan fingerprint density at radius 2 is 2.00 bits per heavy atom. The fraction of sp³-hybridized carbons (Fsp3) is 0.250. The summed E-state index contributed by atoms with van der Waals surface area (Å²) in [6.07, 6.45) is -0.263. The number of anilines is 1. The van der Waals surface area contributed by atoms with E-state index >= 15 is 0 Å². The monoisotopic (exact) mass is 251 g/mol. The van der Waals surface area contributed by atoms with Crippen molar-refractivity contribution < 1.29 is 24.2 Å². The Bertz CT molecular complexity index is 495. The van der Waals surface area contributed by atoms with Crippen molar-refractivity contribution in [1.29, 1.82) is 0 Å². The Balaban J connectivity index is 2.97. The first-order valence-corrected chi connectivity index (χ1v) is 5.14. The van der Waals surface area contributed by atoms with Gasteiger partial charge in [-0.2, -0.15) is 0 Å². The summed E-state index contributed by atoms with van der Waals surface area (Å²) < 4.78 is 4.99. The normalized spacial score (nSPS) is 9.67. The van der Waals surface area contributed by atoms with Crippen molar-refractivity contribution >= 4 is 23.3 Å². The maximum Gasteiger partial charge on any atom is 0.335 e. The van der Waals surface area contributed by atoms with Gasteiger partial charge in [0, 0.05) is 0 Å². The zero-order valence-corrected chi connectivity index (χ0v) is 10.0. The highest BCUT2D eigenvalue weighted by Crippen LogP contribution is 2.25. The van der Waals surface area contributed by atoms with E-state index in [0.717, 1.165) is 0 Å². The molecule has 0 saturated carbocycles. The van der Waals surface area contributed by atoms with Gasteiger partial charge >= 0.3 is 5.97 Å². The van der Waals surface area contributed by atoms with Gasteiger partial charge in [-0.3, -0.25) is 9.59 Å². The second-order valence-electron chi connectivity index (χ2n) is 3.65. The largest absolute Gasteiger partial charge is 0.495 e. The Labute approximate surface area is 104 Å². The van der Waals surface area contributed by atoms with Gasteiger partial charge in [0.1, 0.15) is 11.5 Å². The van der Waals surface area contributed by atoms with Gasteiger partial charge in [-0.15, -0.1) is 0 Å². The number of hydrogen-bond donors (Lipinski definition) is 2. The highest BCUT2D eigenvalue weighted by molar-refractivity contribution is 6.04. The molecule has 6 heteroatoms. The summed E-state index contributed by atoms with van der Waals surface area (Å²) in [4.78, 5) is 33.0. The summed E-state index contributed by atoms with van der Waals surface area (Å²) >= 11 is 0.